The molecule has 3 rings (SSSR count). The van der Waals surface area contributed by atoms with Gasteiger partial charge in [0.05, 0.1) is 22.3 Å². The summed E-state index contributed by atoms with van der Waals surface area (Å²) in [6.45, 7) is 4.96. The Hall–Kier alpha value is -2.10. The number of para-hydroxylation sites is 2. The van der Waals surface area contributed by atoms with Gasteiger partial charge in [-0.05, 0) is 26.0 Å². The van der Waals surface area contributed by atoms with Gasteiger partial charge in [-0.3, -0.25) is 4.68 Å². The summed E-state index contributed by atoms with van der Waals surface area (Å²) in [5.74, 6) is 0.892. The number of hydrogen-bond donors (Lipinski definition) is 1. The molecule has 3 aromatic rings. The van der Waals surface area contributed by atoms with Gasteiger partial charge in [-0.25, -0.2) is 4.98 Å². The van der Waals surface area contributed by atoms with Gasteiger partial charge >= 0.3 is 0 Å². The molecule has 0 fully saturated rings. The van der Waals surface area contributed by atoms with Crippen LogP contribution in [0.2, 0.25) is 0 Å². The van der Waals surface area contributed by atoms with Gasteiger partial charge in [0.15, 0.2) is 0 Å². The third-order valence-corrected chi connectivity index (χ3v) is 2.91. The molecule has 0 atom stereocenters. The summed E-state index contributed by atoms with van der Waals surface area (Å²) in [5, 5.41) is 4.43. The lowest BCUT2D eigenvalue weighted by Crippen LogP contribution is -1.93. The Morgan fingerprint density at radius 3 is 2.82 bits per heavy atom. The minimum Gasteiger partial charge on any atom is -0.338 e. The summed E-state index contributed by atoms with van der Waals surface area (Å²) in [7, 11) is 0. The van der Waals surface area contributed by atoms with Crippen molar-refractivity contribution in [3.05, 3.63) is 36.2 Å². The highest BCUT2D eigenvalue weighted by Gasteiger charge is 2.10. The number of H-pyrrole nitrogens is 1. The third kappa shape index (κ3) is 1.62. The zero-order chi connectivity index (χ0) is 11.8. The zero-order valence-electron chi connectivity index (χ0n) is 9.94. The first-order chi connectivity index (χ1) is 8.28. The average Bonchev–Trinajstić information content (AvgIpc) is 2.91. The molecule has 0 saturated heterocycles. The SMILES string of the molecule is CCn1cc(-c2nc3ccccc3[nH]2)c(C)n1. The summed E-state index contributed by atoms with van der Waals surface area (Å²) in [6, 6.07) is 8.04. The number of aromatic amines is 1. The van der Waals surface area contributed by atoms with Crippen LogP contribution in [0.3, 0.4) is 0 Å². The van der Waals surface area contributed by atoms with Gasteiger partial charge in [0.25, 0.3) is 0 Å². The zero-order valence-corrected chi connectivity index (χ0v) is 9.94. The number of fused-ring (bicyclic) bond motifs is 1. The molecule has 0 spiro atoms. The van der Waals surface area contributed by atoms with Crippen molar-refractivity contribution in [2.45, 2.75) is 20.4 Å². The van der Waals surface area contributed by atoms with Crippen molar-refractivity contribution in [3.63, 3.8) is 0 Å². The van der Waals surface area contributed by atoms with E-state index in [0.29, 0.717) is 0 Å². The molecule has 0 unspecified atom stereocenters. The van der Waals surface area contributed by atoms with Gasteiger partial charge in [0.1, 0.15) is 5.82 Å². The summed E-state index contributed by atoms with van der Waals surface area (Å²) in [4.78, 5) is 7.91. The predicted molar refractivity (Wildman–Crippen MR) is 67.7 cm³/mol. The highest BCUT2D eigenvalue weighted by molar-refractivity contribution is 5.79. The fraction of sp³-hybridized carbons (Fsp3) is 0.231. The second-order valence-corrected chi connectivity index (χ2v) is 4.09. The van der Waals surface area contributed by atoms with Gasteiger partial charge in [-0.15, -0.1) is 0 Å². The molecule has 0 saturated carbocycles. The molecule has 0 aliphatic heterocycles. The van der Waals surface area contributed by atoms with E-state index >= 15 is 0 Å². The minimum absolute atomic E-state index is 0.876. The molecule has 17 heavy (non-hydrogen) atoms. The first-order valence-corrected chi connectivity index (χ1v) is 5.77. The van der Waals surface area contributed by atoms with Crippen molar-refractivity contribution in [1.82, 2.24) is 19.7 Å². The Morgan fingerprint density at radius 2 is 2.12 bits per heavy atom. The lowest BCUT2D eigenvalue weighted by molar-refractivity contribution is 0.653. The maximum atomic E-state index is 4.58. The molecule has 0 amide bonds. The Kier molecular flexibility index (Phi) is 2.21. The van der Waals surface area contributed by atoms with Gasteiger partial charge in [0, 0.05) is 12.7 Å². The number of hydrogen-bond acceptors (Lipinski definition) is 2. The van der Waals surface area contributed by atoms with Crippen LogP contribution >= 0.6 is 0 Å². The number of benzene rings is 1. The standard InChI is InChI=1S/C13H14N4/c1-3-17-8-10(9(2)16-17)13-14-11-6-4-5-7-12(11)15-13/h4-8H,3H2,1-2H3,(H,14,15). The minimum atomic E-state index is 0.876. The van der Waals surface area contributed by atoms with Crippen molar-refractivity contribution in [3.8, 4) is 11.4 Å². The Bertz CT molecular complexity index is 630. The van der Waals surface area contributed by atoms with Crippen LogP contribution in [0.1, 0.15) is 12.6 Å². The van der Waals surface area contributed by atoms with Crippen LogP contribution in [-0.4, -0.2) is 19.7 Å². The van der Waals surface area contributed by atoms with E-state index in [9.17, 15) is 0 Å². The molecular formula is C13H14N4. The number of nitrogens with zero attached hydrogens (tertiary/aromatic N) is 3. The molecule has 0 aliphatic carbocycles. The monoisotopic (exact) mass is 226 g/mol. The smallest absolute Gasteiger partial charge is 0.141 e. The maximum absolute atomic E-state index is 4.58. The lowest BCUT2D eigenvalue weighted by Gasteiger charge is -1.90. The second kappa shape index (κ2) is 3.73. The largest absolute Gasteiger partial charge is 0.338 e. The van der Waals surface area contributed by atoms with E-state index in [0.717, 1.165) is 34.7 Å². The van der Waals surface area contributed by atoms with Gasteiger partial charge in [-0.1, -0.05) is 12.1 Å². The van der Waals surface area contributed by atoms with Crippen LogP contribution in [0.25, 0.3) is 22.4 Å². The molecule has 4 nitrogen and oxygen atoms in total. The van der Waals surface area contributed by atoms with Gasteiger partial charge < -0.3 is 4.98 Å². The molecular weight excluding hydrogens is 212 g/mol. The molecule has 0 aliphatic rings. The average molecular weight is 226 g/mol. The van der Waals surface area contributed by atoms with Crippen molar-refractivity contribution in [2.24, 2.45) is 0 Å². The topological polar surface area (TPSA) is 46.5 Å². The predicted octanol–water partition coefficient (Wildman–Crippen LogP) is 2.75. The molecule has 4 heteroatoms. The van der Waals surface area contributed by atoms with E-state index in [2.05, 4.69) is 22.0 Å². The summed E-state index contributed by atoms with van der Waals surface area (Å²) < 4.78 is 1.93. The third-order valence-electron chi connectivity index (χ3n) is 2.91. The molecule has 2 aromatic heterocycles. The number of aryl methyl sites for hydroxylation is 2. The highest BCUT2D eigenvalue weighted by atomic mass is 15.3. The molecule has 1 aromatic carbocycles. The Balaban J connectivity index is 2.16. The lowest BCUT2D eigenvalue weighted by atomic mass is 10.2. The van der Waals surface area contributed by atoms with Crippen molar-refractivity contribution in [2.75, 3.05) is 0 Å². The van der Waals surface area contributed by atoms with Crippen LogP contribution in [0.4, 0.5) is 0 Å². The number of imidazole rings is 1. The molecule has 0 radical (unpaired) electrons. The molecule has 86 valence electrons. The second-order valence-electron chi connectivity index (χ2n) is 4.09. The molecule has 1 N–H and O–H groups in total. The number of aromatic nitrogens is 4. The fourth-order valence-electron chi connectivity index (χ4n) is 1.99. The first-order valence-electron chi connectivity index (χ1n) is 5.77. The summed E-state index contributed by atoms with van der Waals surface area (Å²) in [6.07, 6.45) is 2.03. The van der Waals surface area contributed by atoms with E-state index in [1.54, 1.807) is 0 Å². The van der Waals surface area contributed by atoms with Crippen LogP contribution in [0.15, 0.2) is 30.5 Å². The summed E-state index contributed by atoms with van der Waals surface area (Å²) in [5.41, 5.74) is 4.13. The first kappa shape index (κ1) is 10.1. The van der Waals surface area contributed by atoms with Crippen LogP contribution < -0.4 is 0 Å². The van der Waals surface area contributed by atoms with E-state index in [4.69, 9.17) is 0 Å². The van der Waals surface area contributed by atoms with Crippen LogP contribution in [0.5, 0.6) is 0 Å². The summed E-state index contributed by atoms with van der Waals surface area (Å²) >= 11 is 0. The molecule has 2 heterocycles. The van der Waals surface area contributed by atoms with E-state index < -0.39 is 0 Å². The van der Waals surface area contributed by atoms with Crippen molar-refractivity contribution < 1.29 is 0 Å². The normalized spacial score (nSPS) is 11.2. The van der Waals surface area contributed by atoms with Crippen LogP contribution in [-0.2, 0) is 6.54 Å². The quantitative estimate of drug-likeness (QED) is 0.730. The van der Waals surface area contributed by atoms with Crippen molar-refractivity contribution in [1.29, 1.82) is 0 Å². The number of nitrogens with one attached hydrogen (secondary N) is 1. The van der Waals surface area contributed by atoms with E-state index in [1.807, 2.05) is 42.1 Å². The fourth-order valence-corrected chi connectivity index (χ4v) is 1.99. The van der Waals surface area contributed by atoms with E-state index in [-0.39, 0.29) is 0 Å². The van der Waals surface area contributed by atoms with Crippen molar-refractivity contribution >= 4 is 11.0 Å². The Labute approximate surface area is 99.3 Å². The van der Waals surface area contributed by atoms with E-state index in [1.165, 1.54) is 0 Å². The molecule has 0 bridgehead atoms. The van der Waals surface area contributed by atoms with Gasteiger partial charge in [0.2, 0.25) is 0 Å². The number of rotatable bonds is 2. The Morgan fingerprint density at radius 1 is 1.29 bits per heavy atom. The highest BCUT2D eigenvalue weighted by Crippen LogP contribution is 2.22. The van der Waals surface area contributed by atoms with Crippen LogP contribution in [0, 0.1) is 6.92 Å². The maximum Gasteiger partial charge on any atom is 0.141 e. The van der Waals surface area contributed by atoms with Gasteiger partial charge in [-0.2, -0.15) is 5.10 Å².